The van der Waals surface area contributed by atoms with Gasteiger partial charge in [0.15, 0.2) is 11.0 Å². The Balaban J connectivity index is 1.65. The van der Waals surface area contributed by atoms with Gasteiger partial charge in [0.1, 0.15) is 0 Å². The van der Waals surface area contributed by atoms with Crippen LogP contribution in [0.15, 0.2) is 41.6 Å². The van der Waals surface area contributed by atoms with Crippen molar-refractivity contribution in [1.82, 2.24) is 20.1 Å². The SMILES string of the molecule is CCn1c(SCC(=O)Nc2c(C)cc(I)cc2C)nnc1[C@H](C)NC(=O)c1cccc(C)c1. The van der Waals surface area contributed by atoms with Gasteiger partial charge in [0.2, 0.25) is 5.91 Å². The molecule has 0 fully saturated rings. The van der Waals surface area contributed by atoms with Crippen molar-refractivity contribution < 1.29 is 9.59 Å². The fourth-order valence-electron chi connectivity index (χ4n) is 3.57. The van der Waals surface area contributed by atoms with E-state index >= 15 is 0 Å². The highest BCUT2D eigenvalue weighted by Crippen LogP contribution is 2.25. The number of nitrogens with zero attached hydrogens (tertiary/aromatic N) is 3. The standard InChI is InChI=1S/C24H28IN5O2S/c1-6-30-22(17(5)26-23(32)18-9-7-8-14(2)10-18)28-29-24(30)33-13-20(31)27-21-15(3)11-19(25)12-16(21)4/h7-12,17H,6,13H2,1-5H3,(H,26,32)(H,27,31)/t17-/m0/s1. The maximum atomic E-state index is 12.6. The molecule has 174 valence electrons. The lowest BCUT2D eigenvalue weighted by molar-refractivity contribution is -0.113. The van der Waals surface area contributed by atoms with E-state index in [4.69, 9.17) is 0 Å². The van der Waals surface area contributed by atoms with Crippen LogP contribution in [0.3, 0.4) is 0 Å². The molecule has 2 aromatic carbocycles. The van der Waals surface area contributed by atoms with Crippen molar-refractivity contribution in [3.63, 3.8) is 0 Å². The van der Waals surface area contributed by atoms with E-state index < -0.39 is 0 Å². The highest BCUT2D eigenvalue weighted by atomic mass is 127. The Kier molecular flexibility index (Phi) is 8.52. The molecular weight excluding hydrogens is 549 g/mol. The average molecular weight is 577 g/mol. The van der Waals surface area contributed by atoms with Crippen LogP contribution >= 0.6 is 34.4 Å². The lowest BCUT2D eigenvalue weighted by Crippen LogP contribution is -2.28. The number of aromatic nitrogens is 3. The number of hydrogen-bond donors (Lipinski definition) is 2. The van der Waals surface area contributed by atoms with Crippen molar-refractivity contribution >= 4 is 51.9 Å². The lowest BCUT2D eigenvalue weighted by atomic mass is 10.1. The number of rotatable bonds is 8. The van der Waals surface area contributed by atoms with Gasteiger partial charge in [0.05, 0.1) is 11.8 Å². The summed E-state index contributed by atoms with van der Waals surface area (Å²) in [6, 6.07) is 11.2. The highest BCUT2D eigenvalue weighted by Gasteiger charge is 2.20. The quantitative estimate of drug-likeness (QED) is 0.289. The number of halogens is 1. The van der Waals surface area contributed by atoms with Crippen LogP contribution < -0.4 is 10.6 Å². The van der Waals surface area contributed by atoms with Crippen molar-refractivity contribution in [3.05, 3.63) is 68.0 Å². The van der Waals surface area contributed by atoms with Gasteiger partial charge >= 0.3 is 0 Å². The number of hydrogen-bond acceptors (Lipinski definition) is 5. The number of carbonyl (C=O) groups is 2. The zero-order chi connectivity index (χ0) is 24.1. The Morgan fingerprint density at radius 1 is 1.12 bits per heavy atom. The molecule has 2 amide bonds. The van der Waals surface area contributed by atoms with E-state index in [0.29, 0.717) is 23.1 Å². The molecule has 0 saturated carbocycles. The molecule has 0 aliphatic carbocycles. The maximum Gasteiger partial charge on any atom is 0.251 e. The summed E-state index contributed by atoms with van der Waals surface area (Å²) < 4.78 is 3.07. The summed E-state index contributed by atoms with van der Waals surface area (Å²) in [4.78, 5) is 25.2. The van der Waals surface area contributed by atoms with Crippen LogP contribution in [0.4, 0.5) is 5.69 Å². The summed E-state index contributed by atoms with van der Waals surface area (Å²) in [5, 5.41) is 15.2. The van der Waals surface area contributed by atoms with E-state index in [-0.39, 0.29) is 23.6 Å². The molecule has 1 heterocycles. The first kappa shape index (κ1) is 25.2. The van der Waals surface area contributed by atoms with E-state index in [0.717, 1.165) is 25.9 Å². The lowest BCUT2D eigenvalue weighted by Gasteiger charge is -2.15. The molecule has 0 saturated heterocycles. The van der Waals surface area contributed by atoms with Crippen molar-refractivity contribution in [2.75, 3.05) is 11.1 Å². The highest BCUT2D eigenvalue weighted by molar-refractivity contribution is 14.1. The Morgan fingerprint density at radius 3 is 2.45 bits per heavy atom. The molecule has 0 aliphatic heterocycles. The molecule has 7 nitrogen and oxygen atoms in total. The fraction of sp³-hybridized carbons (Fsp3) is 0.333. The van der Waals surface area contributed by atoms with Gasteiger partial charge in [-0.25, -0.2) is 0 Å². The van der Waals surface area contributed by atoms with Gasteiger partial charge < -0.3 is 15.2 Å². The Morgan fingerprint density at radius 2 is 1.82 bits per heavy atom. The molecule has 1 atom stereocenters. The van der Waals surface area contributed by atoms with Crippen molar-refractivity contribution in [2.45, 2.75) is 52.4 Å². The van der Waals surface area contributed by atoms with Crippen LogP contribution in [0.25, 0.3) is 0 Å². The number of nitrogens with one attached hydrogen (secondary N) is 2. The third kappa shape index (κ3) is 6.35. The molecule has 3 rings (SSSR count). The number of aryl methyl sites for hydroxylation is 3. The molecule has 0 bridgehead atoms. The van der Waals surface area contributed by atoms with E-state index in [2.05, 4.69) is 43.4 Å². The van der Waals surface area contributed by atoms with Crippen LogP contribution in [-0.4, -0.2) is 32.3 Å². The topological polar surface area (TPSA) is 88.9 Å². The zero-order valence-corrected chi connectivity index (χ0v) is 22.4. The monoisotopic (exact) mass is 577 g/mol. The summed E-state index contributed by atoms with van der Waals surface area (Å²) in [5.41, 5.74) is 4.56. The van der Waals surface area contributed by atoms with E-state index in [1.54, 1.807) is 6.07 Å². The van der Waals surface area contributed by atoms with Crippen LogP contribution in [0.5, 0.6) is 0 Å². The second-order valence-corrected chi connectivity index (χ2v) is 10.1. The minimum atomic E-state index is -0.328. The minimum absolute atomic E-state index is 0.0968. The molecule has 1 aromatic heterocycles. The van der Waals surface area contributed by atoms with E-state index in [1.807, 2.05) is 69.5 Å². The van der Waals surface area contributed by atoms with E-state index in [9.17, 15) is 9.59 Å². The Bertz CT molecular complexity index is 1150. The molecule has 3 aromatic rings. The molecule has 0 radical (unpaired) electrons. The second kappa shape index (κ2) is 11.1. The fourth-order valence-corrected chi connectivity index (χ4v) is 5.31. The van der Waals surface area contributed by atoms with Gasteiger partial charge in [0.25, 0.3) is 5.91 Å². The summed E-state index contributed by atoms with van der Waals surface area (Å²) in [5.74, 6) is 0.618. The van der Waals surface area contributed by atoms with Gasteiger partial charge in [0, 0.05) is 21.4 Å². The van der Waals surface area contributed by atoms with Crippen molar-refractivity contribution in [2.24, 2.45) is 0 Å². The number of thioether (sulfide) groups is 1. The number of anilines is 1. The van der Waals surface area contributed by atoms with Crippen LogP contribution in [0.2, 0.25) is 0 Å². The normalized spacial score (nSPS) is 11.8. The maximum absolute atomic E-state index is 12.6. The summed E-state index contributed by atoms with van der Waals surface area (Å²) in [6.07, 6.45) is 0. The molecular formula is C24H28IN5O2S. The van der Waals surface area contributed by atoms with Gasteiger partial charge in [-0.3, -0.25) is 9.59 Å². The number of carbonyl (C=O) groups excluding carboxylic acids is 2. The molecule has 0 aliphatic rings. The predicted octanol–water partition coefficient (Wildman–Crippen LogP) is 5.05. The summed E-state index contributed by atoms with van der Waals surface area (Å²) in [6.45, 7) is 10.4. The zero-order valence-electron chi connectivity index (χ0n) is 19.4. The molecule has 9 heteroatoms. The first-order valence-corrected chi connectivity index (χ1v) is 12.8. The third-order valence-corrected chi connectivity index (χ3v) is 6.76. The third-order valence-electron chi connectivity index (χ3n) is 5.17. The van der Waals surface area contributed by atoms with Crippen LogP contribution in [0.1, 0.15) is 52.8 Å². The first-order chi connectivity index (χ1) is 15.7. The smallest absolute Gasteiger partial charge is 0.251 e. The molecule has 2 N–H and O–H groups in total. The predicted molar refractivity (Wildman–Crippen MR) is 141 cm³/mol. The summed E-state index contributed by atoms with van der Waals surface area (Å²) in [7, 11) is 0. The molecule has 0 spiro atoms. The summed E-state index contributed by atoms with van der Waals surface area (Å²) >= 11 is 3.60. The average Bonchev–Trinajstić information content (AvgIpc) is 3.17. The second-order valence-electron chi connectivity index (χ2n) is 7.90. The molecule has 0 unspecified atom stereocenters. The van der Waals surface area contributed by atoms with Crippen LogP contribution in [0, 0.1) is 24.3 Å². The molecule has 33 heavy (non-hydrogen) atoms. The largest absolute Gasteiger partial charge is 0.342 e. The number of amides is 2. The van der Waals surface area contributed by atoms with Gasteiger partial charge in [-0.15, -0.1) is 10.2 Å². The number of benzene rings is 2. The van der Waals surface area contributed by atoms with Crippen molar-refractivity contribution in [1.29, 1.82) is 0 Å². The first-order valence-electron chi connectivity index (χ1n) is 10.7. The van der Waals surface area contributed by atoms with Gasteiger partial charge in [-0.05, 0) is 92.6 Å². The Hall–Kier alpha value is -2.40. The van der Waals surface area contributed by atoms with Crippen molar-refractivity contribution in [3.8, 4) is 0 Å². The minimum Gasteiger partial charge on any atom is -0.342 e. The van der Waals surface area contributed by atoms with Crippen LogP contribution in [-0.2, 0) is 11.3 Å². The van der Waals surface area contributed by atoms with Gasteiger partial charge in [-0.1, -0.05) is 29.5 Å². The van der Waals surface area contributed by atoms with Gasteiger partial charge in [-0.2, -0.15) is 0 Å². The van der Waals surface area contributed by atoms with E-state index in [1.165, 1.54) is 11.8 Å². The Labute approximate surface area is 212 Å².